The van der Waals surface area contributed by atoms with Gasteiger partial charge in [0.25, 0.3) is 0 Å². The highest BCUT2D eigenvalue weighted by Crippen LogP contribution is 2.22. The second-order valence-electron chi connectivity index (χ2n) is 4.29. The molecule has 0 aliphatic heterocycles. The number of hydrogen-bond acceptors (Lipinski definition) is 3. The maximum atomic E-state index is 5.67. The van der Waals surface area contributed by atoms with Crippen molar-refractivity contribution in [2.24, 2.45) is 0 Å². The molecule has 3 nitrogen and oxygen atoms in total. The third-order valence-electron chi connectivity index (χ3n) is 2.69. The van der Waals surface area contributed by atoms with E-state index in [9.17, 15) is 0 Å². The molecule has 0 amide bonds. The van der Waals surface area contributed by atoms with Gasteiger partial charge in [0.15, 0.2) is 0 Å². The zero-order valence-corrected chi connectivity index (χ0v) is 11.5. The summed E-state index contributed by atoms with van der Waals surface area (Å²) in [5.41, 5.74) is 1.79. The van der Waals surface area contributed by atoms with Gasteiger partial charge in [0.1, 0.15) is 16.1 Å². The lowest BCUT2D eigenvalue weighted by molar-refractivity contribution is -0.0210. The van der Waals surface area contributed by atoms with E-state index in [1.165, 1.54) is 0 Å². The first-order valence-corrected chi connectivity index (χ1v) is 6.07. The monoisotopic (exact) mass is 240 g/mol. The molecule has 0 aliphatic rings. The minimum Gasteiger partial charge on any atom is -0.368 e. The van der Waals surface area contributed by atoms with Crippen LogP contribution in [0.5, 0.6) is 0 Å². The van der Waals surface area contributed by atoms with Gasteiger partial charge in [-0.2, -0.15) is 0 Å². The number of rotatable bonds is 4. The van der Waals surface area contributed by atoms with Crippen molar-refractivity contribution < 1.29 is 4.74 Å². The van der Waals surface area contributed by atoms with Crippen LogP contribution in [-0.2, 0) is 16.8 Å². The normalized spacial score (nSPS) is 11.8. The molecule has 0 saturated heterocycles. The molecule has 16 heavy (non-hydrogen) atoms. The summed E-state index contributed by atoms with van der Waals surface area (Å²) in [6.07, 6.45) is 0.924. The van der Waals surface area contributed by atoms with Crippen LogP contribution in [0.15, 0.2) is 0 Å². The number of aromatic amines is 1. The number of aryl methyl sites for hydroxylation is 1. The molecule has 0 aromatic carbocycles. The van der Waals surface area contributed by atoms with E-state index in [1.807, 2.05) is 27.7 Å². The Hall–Kier alpha value is -0.740. The summed E-state index contributed by atoms with van der Waals surface area (Å²) < 4.78 is 6.33. The Kier molecular flexibility index (Phi) is 4.21. The van der Waals surface area contributed by atoms with Crippen LogP contribution in [0.1, 0.15) is 44.8 Å². The van der Waals surface area contributed by atoms with E-state index in [0.29, 0.717) is 11.2 Å². The molecule has 0 bridgehead atoms. The lowest BCUT2D eigenvalue weighted by Crippen LogP contribution is -2.25. The van der Waals surface area contributed by atoms with Gasteiger partial charge >= 0.3 is 0 Å². The molecule has 0 saturated carbocycles. The van der Waals surface area contributed by atoms with Crippen LogP contribution in [0, 0.1) is 11.6 Å². The predicted molar refractivity (Wildman–Crippen MR) is 68.2 cm³/mol. The van der Waals surface area contributed by atoms with Crippen LogP contribution in [0.2, 0.25) is 0 Å². The molecule has 0 unspecified atom stereocenters. The molecule has 1 N–H and O–H groups in total. The zero-order chi connectivity index (χ0) is 12.3. The molecule has 4 heteroatoms. The van der Waals surface area contributed by atoms with Crippen molar-refractivity contribution in [1.82, 2.24) is 9.97 Å². The summed E-state index contributed by atoms with van der Waals surface area (Å²) in [6.45, 7) is 10.7. The fourth-order valence-corrected chi connectivity index (χ4v) is 1.86. The molecule has 1 heterocycles. The fourth-order valence-electron chi connectivity index (χ4n) is 1.65. The van der Waals surface area contributed by atoms with E-state index < -0.39 is 5.60 Å². The quantitative estimate of drug-likeness (QED) is 0.821. The SMILES string of the molecule is CCOC(C)(C)c1nc(=S)c(C)c(CC)[nH]1. The molecule has 0 atom stereocenters. The number of ether oxygens (including phenoxy) is 1. The van der Waals surface area contributed by atoms with Gasteiger partial charge in [0.05, 0.1) is 0 Å². The van der Waals surface area contributed by atoms with E-state index >= 15 is 0 Å². The molecular formula is C12H20N2OS. The van der Waals surface area contributed by atoms with Gasteiger partial charge in [-0.1, -0.05) is 19.1 Å². The molecule has 0 radical (unpaired) electrons. The Morgan fingerprint density at radius 2 is 2.00 bits per heavy atom. The standard InChI is InChI=1S/C12H20N2OS/c1-6-9-8(3)10(16)14-11(13-9)12(4,5)15-7-2/h6-7H2,1-5H3,(H,13,14,16). The Morgan fingerprint density at radius 3 is 2.50 bits per heavy atom. The lowest BCUT2D eigenvalue weighted by Gasteiger charge is -2.24. The van der Waals surface area contributed by atoms with E-state index in [4.69, 9.17) is 17.0 Å². The number of H-pyrrole nitrogens is 1. The molecule has 0 aliphatic carbocycles. The zero-order valence-electron chi connectivity index (χ0n) is 10.7. The Bertz CT molecular complexity index is 424. The van der Waals surface area contributed by atoms with Crippen molar-refractivity contribution in [1.29, 1.82) is 0 Å². The van der Waals surface area contributed by atoms with E-state index in [1.54, 1.807) is 0 Å². The van der Waals surface area contributed by atoms with Crippen LogP contribution in [0.25, 0.3) is 0 Å². The molecule has 1 aromatic heterocycles. The third-order valence-corrected chi connectivity index (χ3v) is 3.08. The molecule has 0 spiro atoms. The van der Waals surface area contributed by atoms with Gasteiger partial charge < -0.3 is 9.72 Å². The van der Waals surface area contributed by atoms with Gasteiger partial charge in [-0.3, -0.25) is 0 Å². The first-order valence-electron chi connectivity index (χ1n) is 5.66. The van der Waals surface area contributed by atoms with Crippen molar-refractivity contribution in [2.45, 2.75) is 46.6 Å². The van der Waals surface area contributed by atoms with Gasteiger partial charge in [-0.05, 0) is 34.1 Å². The number of nitrogens with zero attached hydrogens (tertiary/aromatic N) is 1. The first kappa shape index (κ1) is 13.3. The Labute approximate surface area is 102 Å². The van der Waals surface area contributed by atoms with Crippen molar-refractivity contribution in [3.05, 3.63) is 21.7 Å². The van der Waals surface area contributed by atoms with Gasteiger partial charge in [-0.15, -0.1) is 0 Å². The number of aromatic nitrogens is 2. The van der Waals surface area contributed by atoms with Crippen LogP contribution in [-0.4, -0.2) is 16.6 Å². The highest BCUT2D eigenvalue weighted by atomic mass is 32.1. The van der Waals surface area contributed by atoms with Crippen LogP contribution in [0.4, 0.5) is 0 Å². The number of hydrogen-bond donors (Lipinski definition) is 1. The fraction of sp³-hybridized carbons (Fsp3) is 0.667. The smallest absolute Gasteiger partial charge is 0.139 e. The molecule has 1 rings (SSSR count). The summed E-state index contributed by atoms with van der Waals surface area (Å²) in [5, 5.41) is 0. The van der Waals surface area contributed by atoms with Crippen LogP contribution in [0.3, 0.4) is 0 Å². The topological polar surface area (TPSA) is 37.9 Å². The first-order chi connectivity index (χ1) is 7.42. The van der Waals surface area contributed by atoms with Crippen molar-refractivity contribution in [2.75, 3.05) is 6.61 Å². The third kappa shape index (κ3) is 2.68. The summed E-state index contributed by atoms with van der Waals surface area (Å²) in [7, 11) is 0. The van der Waals surface area contributed by atoms with Gasteiger partial charge in [0.2, 0.25) is 0 Å². The maximum Gasteiger partial charge on any atom is 0.139 e. The van der Waals surface area contributed by atoms with Crippen LogP contribution < -0.4 is 0 Å². The Morgan fingerprint density at radius 1 is 1.38 bits per heavy atom. The van der Waals surface area contributed by atoms with Gasteiger partial charge in [0, 0.05) is 17.9 Å². The second kappa shape index (κ2) is 5.06. The predicted octanol–water partition coefficient (Wildman–Crippen LogP) is 3.28. The average molecular weight is 240 g/mol. The summed E-state index contributed by atoms with van der Waals surface area (Å²) >= 11 is 5.26. The molecule has 1 aromatic rings. The van der Waals surface area contributed by atoms with E-state index in [2.05, 4.69) is 16.9 Å². The highest BCUT2D eigenvalue weighted by molar-refractivity contribution is 7.71. The summed E-state index contributed by atoms with van der Waals surface area (Å²) in [5.74, 6) is 0.807. The Balaban J connectivity index is 3.26. The van der Waals surface area contributed by atoms with E-state index in [0.717, 1.165) is 23.5 Å². The average Bonchev–Trinajstić information content (AvgIpc) is 2.21. The minimum absolute atomic E-state index is 0.417. The molecule has 90 valence electrons. The van der Waals surface area contributed by atoms with E-state index in [-0.39, 0.29) is 0 Å². The molecule has 0 fully saturated rings. The number of nitrogens with one attached hydrogen (secondary N) is 1. The molecular weight excluding hydrogens is 220 g/mol. The van der Waals surface area contributed by atoms with Crippen LogP contribution >= 0.6 is 12.2 Å². The summed E-state index contributed by atoms with van der Waals surface area (Å²) in [6, 6.07) is 0. The second-order valence-corrected chi connectivity index (χ2v) is 4.68. The van der Waals surface area contributed by atoms with Crippen molar-refractivity contribution in [3.63, 3.8) is 0 Å². The summed E-state index contributed by atoms with van der Waals surface area (Å²) in [4.78, 5) is 7.73. The maximum absolute atomic E-state index is 5.67. The highest BCUT2D eigenvalue weighted by Gasteiger charge is 2.24. The van der Waals surface area contributed by atoms with Crippen molar-refractivity contribution >= 4 is 12.2 Å². The van der Waals surface area contributed by atoms with Crippen molar-refractivity contribution in [3.8, 4) is 0 Å². The minimum atomic E-state index is -0.417. The lowest BCUT2D eigenvalue weighted by atomic mass is 10.1. The van der Waals surface area contributed by atoms with Gasteiger partial charge in [-0.25, -0.2) is 4.98 Å². The largest absolute Gasteiger partial charge is 0.368 e.